The number of carbonyl (C=O) groups is 4. The molecule has 3 aliphatic rings. The van der Waals surface area contributed by atoms with Gasteiger partial charge in [0.25, 0.3) is 5.91 Å². The van der Waals surface area contributed by atoms with E-state index in [2.05, 4.69) is 19.6 Å². The average molecular weight is 532 g/mol. The highest BCUT2D eigenvalue weighted by Gasteiger charge is 2.57. The van der Waals surface area contributed by atoms with Crippen LogP contribution in [0.15, 0.2) is 18.2 Å². The van der Waals surface area contributed by atoms with Crippen molar-refractivity contribution in [3.63, 3.8) is 0 Å². The fourth-order valence-electron chi connectivity index (χ4n) is 5.31. The van der Waals surface area contributed by atoms with Crippen LogP contribution in [0.2, 0.25) is 25.7 Å². The first-order chi connectivity index (χ1) is 17.5. The van der Waals surface area contributed by atoms with Crippen LogP contribution in [0.5, 0.6) is 5.75 Å². The Hall–Kier alpha value is -2.68. The van der Waals surface area contributed by atoms with Gasteiger partial charge in [-0.25, -0.2) is 0 Å². The van der Waals surface area contributed by atoms with Gasteiger partial charge < -0.3 is 19.1 Å². The number of rotatable bonds is 12. The zero-order chi connectivity index (χ0) is 27.3. The Morgan fingerprint density at radius 2 is 1.59 bits per heavy atom. The van der Waals surface area contributed by atoms with Crippen molar-refractivity contribution in [3.05, 3.63) is 29.3 Å². The van der Waals surface area contributed by atoms with Crippen LogP contribution in [0, 0.1) is 11.8 Å². The van der Waals surface area contributed by atoms with E-state index >= 15 is 0 Å². The summed E-state index contributed by atoms with van der Waals surface area (Å²) in [6.45, 7) is 13.9. The van der Waals surface area contributed by atoms with Crippen LogP contribution in [0.1, 0.15) is 56.6 Å². The molecule has 2 bridgehead atoms. The molecule has 8 nitrogen and oxygen atoms in total. The number of esters is 2. The first-order valence-corrected chi connectivity index (χ1v) is 17.1. The van der Waals surface area contributed by atoms with E-state index in [0.717, 1.165) is 11.6 Å². The number of ether oxygens (including phenoxy) is 3. The maximum absolute atomic E-state index is 13.4. The molecule has 204 valence electrons. The van der Waals surface area contributed by atoms with Crippen LogP contribution < -0.4 is 4.74 Å². The first kappa shape index (κ1) is 28.9. The third-order valence-corrected chi connectivity index (χ3v) is 9.01. The normalized spacial score (nSPS) is 22.3. The van der Waals surface area contributed by atoms with Gasteiger partial charge in [-0.05, 0) is 49.6 Å². The van der Waals surface area contributed by atoms with Gasteiger partial charge in [-0.1, -0.05) is 32.6 Å². The number of fused-ring (bicyclic) bond motifs is 2. The summed E-state index contributed by atoms with van der Waals surface area (Å²) in [7, 11) is -1.41. The van der Waals surface area contributed by atoms with Gasteiger partial charge in [-0.15, -0.1) is 0 Å². The summed E-state index contributed by atoms with van der Waals surface area (Å²) in [6, 6.07) is 6.18. The molecule has 1 fully saturated rings. The summed E-state index contributed by atoms with van der Waals surface area (Å²) in [6.07, 6.45) is 0.824. The fourth-order valence-corrected chi connectivity index (χ4v) is 6.02. The zero-order valence-electron chi connectivity index (χ0n) is 23.0. The van der Waals surface area contributed by atoms with Gasteiger partial charge in [0.15, 0.2) is 6.61 Å². The lowest BCUT2D eigenvalue weighted by Gasteiger charge is -2.46. The molecular formula is C28H41NO7Si. The smallest absolute Gasteiger partial charge is 0.310 e. The minimum Gasteiger partial charge on any atom is -0.484 e. The lowest BCUT2D eigenvalue weighted by atomic mass is 9.55. The summed E-state index contributed by atoms with van der Waals surface area (Å²) in [5.74, 6) is -3.69. The minimum absolute atomic E-state index is 0.0848. The van der Waals surface area contributed by atoms with Crippen LogP contribution in [0.3, 0.4) is 0 Å². The van der Waals surface area contributed by atoms with E-state index in [0.29, 0.717) is 37.4 Å². The number of hydrogen-bond donors (Lipinski definition) is 0. The van der Waals surface area contributed by atoms with Crippen LogP contribution in [-0.4, -0.2) is 69.5 Å². The maximum Gasteiger partial charge on any atom is 0.310 e. The lowest BCUT2D eigenvalue weighted by Crippen LogP contribution is -2.50. The van der Waals surface area contributed by atoms with Crippen molar-refractivity contribution in [2.75, 3.05) is 32.9 Å². The van der Waals surface area contributed by atoms with E-state index in [9.17, 15) is 19.2 Å². The number of ketones is 1. The van der Waals surface area contributed by atoms with E-state index in [1.165, 1.54) is 0 Å². The van der Waals surface area contributed by atoms with Gasteiger partial charge in [-0.2, -0.15) is 0 Å². The summed E-state index contributed by atoms with van der Waals surface area (Å²) in [4.78, 5) is 53.9. The number of nitrogens with zero attached hydrogens (tertiary/aromatic N) is 1. The molecular weight excluding hydrogens is 490 g/mol. The molecule has 37 heavy (non-hydrogen) atoms. The third kappa shape index (κ3) is 6.61. The number of likely N-dealkylation sites (N-methyl/N-ethyl adjacent to an activating group) is 1. The van der Waals surface area contributed by atoms with Crippen LogP contribution in [0.25, 0.3) is 0 Å². The molecule has 1 amide bonds. The van der Waals surface area contributed by atoms with Gasteiger partial charge in [0, 0.05) is 33.5 Å². The van der Waals surface area contributed by atoms with Gasteiger partial charge in [-0.3, -0.25) is 19.2 Å². The van der Waals surface area contributed by atoms with Gasteiger partial charge in [0.05, 0.1) is 31.0 Å². The summed E-state index contributed by atoms with van der Waals surface area (Å²) >= 11 is 0. The van der Waals surface area contributed by atoms with E-state index in [4.69, 9.17) is 14.2 Å². The molecule has 0 heterocycles. The molecule has 3 aliphatic carbocycles. The number of benzene rings is 1. The quantitative estimate of drug-likeness (QED) is 0.295. The van der Waals surface area contributed by atoms with E-state index in [1.807, 2.05) is 26.8 Å². The Morgan fingerprint density at radius 1 is 0.946 bits per heavy atom. The molecule has 0 saturated heterocycles. The van der Waals surface area contributed by atoms with Gasteiger partial charge in [0.2, 0.25) is 0 Å². The highest BCUT2D eigenvalue weighted by molar-refractivity contribution is 6.76. The van der Waals surface area contributed by atoms with Gasteiger partial charge >= 0.3 is 11.9 Å². The molecule has 1 saturated carbocycles. The highest BCUT2D eigenvalue weighted by atomic mass is 28.3. The van der Waals surface area contributed by atoms with Crippen molar-refractivity contribution in [2.45, 2.75) is 71.1 Å². The van der Waals surface area contributed by atoms with Crippen LogP contribution >= 0.6 is 0 Å². The second-order valence-electron chi connectivity index (χ2n) is 11.1. The molecule has 2 unspecified atom stereocenters. The fraction of sp³-hybridized carbons (Fsp3) is 0.643. The highest BCUT2D eigenvalue weighted by Crippen LogP contribution is 2.55. The summed E-state index contributed by atoms with van der Waals surface area (Å²) in [5, 5.41) is 0. The molecule has 9 heteroatoms. The molecule has 4 atom stereocenters. The van der Waals surface area contributed by atoms with Crippen molar-refractivity contribution in [3.8, 4) is 5.75 Å². The molecule has 0 N–H and O–H groups in total. The van der Waals surface area contributed by atoms with E-state index in [-0.39, 0.29) is 31.3 Å². The number of amides is 1. The number of Topliss-reactive ketones (excluding diaryl/α,β-unsaturated/α-hetero) is 1. The zero-order valence-corrected chi connectivity index (χ0v) is 24.0. The predicted molar refractivity (Wildman–Crippen MR) is 142 cm³/mol. The van der Waals surface area contributed by atoms with Crippen LogP contribution in [0.4, 0.5) is 0 Å². The second kappa shape index (κ2) is 12.2. The number of hydrogen-bond acceptors (Lipinski definition) is 7. The maximum atomic E-state index is 13.4. The first-order valence-electron chi connectivity index (χ1n) is 13.4. The molecule has 0 radical (unpaired) electrons. The predicted octanol–water partition coefficient (Wildman–Crippen LogP) is 4.15. The van der Waals surface area contributed by atoms with E-state index < -0.39 is 43.7 Å². The van der Waals surface area contributed by atoms with Crippen molar-refractivity contribution in [1.82, 2.24) is 4.90 Å². The average Bonchev–Trinajstić information content (AvgIpc) is 2.85. The monoisotopic (exact) mass is 531 g/mol. The largest absolute Gasteiger partial charge is 0.484 e. The summed E-state index contributed by atoms with van der Waals surface area (Å²) < 4.78 is 16.9. The van der Waals surface area contributed by atoms with Crippen molar-refractivity contribution < 1.29 is 33.4 Å². The van der Waals surface area contributed by atoms with Crippen molar-refractivity contribution in [2.24, 2.45) is 11.8 Å². The van der Waals surface area contributed by atoms with E-state index in [1.54, 1.807) is 17.0 Å². The topological polar surface area (TPSA) is 99.2 Å². The minimum atomic E-state index is -1.41. The Labute approximate surface area is 221 Å². The molecule has 0 spiro atoms. The molecule has 0 aliphatic heterocycles. The Balaban J connectivity index is 1.90. The molecule has 0 aromatic heterocycles. The molecule has 4 rings (SSSR count). The Kier molecular flexibility index (Phi) is 9.55. The second-order valence-corrected chi connectivity index (χ2v) is 16.7. The van der Waals surface area contributed by atoms with Crippen molar-refractivity contribution >= 4 is 31.7 Å². The van der Waals surface area contributed by atoms with Gasteiger partial charge in [0.1, 0.15) is 11.5 Å². The Morgan fingerprint density at radius 3 is 2.22 bits per heavy atom. The summed E-state index contributed by atoms with van der Waals surface area (Å²) in [5.41, 5.74) is 1.54. The lowest BCUT2D eigenvalue weighted by molar-refractivity contribution is -0.167. The molecule has 1 aromatic rings. The standard InChI is InChI=1S/C28H41NO7Si/c1-7-12-34-28(33)26-24-20-15-18(36-17-23(31)29(8-2)9-3)10-11-19(20)21(16-22(24)30)25(26)27(32)35-13-14-37(4,5)6/h10-11,15,21,24-26H,7-9,12-14,16-17H2,1-6H3/t21?,24-,25?,26-/m1/s1. The third-order valence-electron chi connectivity index (χ3n) is 7.31. The SMILES string of the molecule is CCCOC(=O)[C@H]1C(C(=O)OCC[Si](C)(C)C)C2CC(=O)[C@H]1c1cc(OCC(=O)N(CC)CC)ccc12. The Bertz CT molecular complexity index is 1010. The van der Waals surface area contributed by atoms with Crippen LogP contribution in [-0.2, 0) is 28.7 Å². The van der Waals surface area contributed by atoms with Crippen molar-refractivity contribution in [1.29, 1.82) is 0 Å². The molecule has 1 aromatic carbocycles. The number of carbonyl (C=O) groups excluding carboxylic acids is 4.